The van der Waals surface area contributed by atoms with Crippen LogP contribution in [-0.2, 0) is 19.7 Å². The number of esters is 1. The van der Waals surface area contributed by atoms with Gasteiger partial charge in [0.25, 0.3) is 0 Å². The molecule has 1 fully saturated rings. The van der Waals surface area contributed by atoms with Crippen LogP contribution in [0.25, 0.3) is 0 Å². The van der Waals surface area contributed by atoms with Gasteiger partial charge in [-0.1, -0.05) is 4.49 Å². The average Bonchev–Trinajstić information content (AvgIpc) is 2.55. The van der Waals surface area contributed by atoms with Crippen molar-refractivity contribution in [1.82, 2.24) is 14.8 Å². The van der Waals surface area contributed by atoms with Gasteiger partial charge in [-0.15, -0.1) is 5.10 Å². The molecule has 0 radical (unpaired) electrons. The van der Waals surface area contributed by atoms with E-state index in [1.807, 2.05) is 0 Å². The van der Waals surface area contributed by atoms with E-state index in [0.29, 0.717) is 18.2 Å². The third kappa shape index (κ3) is 1.11. The minimum absolute atomic E-state index is 0.302. The second-order valence-electron chi connectivity index (χ2n) is 2.73. The number of aromatic nitrogens is 3. The van der Waals surface area contributed by atoms with Crippen LogP contribution in [0.2, 0.25) is 0 Å². The highest BCUT2D eigenvalue weighted by Gasteiger charge is 2.51. The van der Waals surface area contributed by atoms with Gasteiger partial charge in [-0.2, -0.15) is 0 Å². The summed E-state index contributed by atoms with van der Waals surface area (Å²) in [5.41, 5.74) is -0.747. The molecule has 0 unspecified atom stereocenters. The van der Waals surface area contributed by atoms with Crippen molar-refractivity contribution in [2.45, 2.75) is 5.41 Å². The number of nitrogens with zero attached hydrogens (tertiary/aromatic N) is 3. The predicted molar refractivity (Wildman–Crippen MR) is 42.2 cm³/mol. The monoisotopic (exact) mass is 201 g/mol. The second-order valence-corrected chi connectivity index (χ2v) is 3.47. The van der Waals surface area contributed by atoms with Crippen LogP contribution in [0.5, 0.6) is 0 Å². The summed E-state index contributed by atoms with van der Waals surface area (Å²) in [4.78, 5) is 11.4. The summed E-state index contributed by atoms with van der Waals surface area (Å²) in [6.07, 6.45) is 0. The summed E-state index contributed by atoms with van der Waals surface area (Å²) >= 11 is 1.10. The minimum Gasteiger partial charge on any atom is -0.468 e. The smallest absolute Gasteiger partial charge is 0.323 e. The van der Waals surface area contributed by atoms with E-state index >= 15 is 0 Å². The van der Waals surface area contributed by atoms with Gasteiger partial charge in [-0.3, -0.25) is 4.79 Å². The van der Waals surface area contributed by atoms with E-state index in [4.69, 9.17) is 4.74 Å². The molecule has 0 aliphatic carbocycles. The number of ether oxygens (including phenoxy) is 2. The molecule has 0 spiro atoms. The van der Waals surface area contributed by atoms with Crippen LogP contribution in [0, 0.1) is 0 Å². The fraction of sp³-hybridized carbons (Fsp3) is 0.667. The second kappa shape index (κ2) is 3.00. The summed E-state index contributed by atoms with van der Waals surface area (Å²) in [6.45, 7) is 0.604. The van der Waals surface area contributed by atoms with Gasteiger partial charge < -0.3 is 9.47 Å². The number of rotatable bonds is 2. The Kier molecular flexibility index (Phi) is 1.97. The van der Waals surface area contributed by atoms with E-state index < -0.39 is 5.41 Å². The van der Waals surface area contributed by atoms with Crippen molar-refractivity contribution in [2.24, 2.45) is 0 Å². The molecule has 1 aliphatic heterocycles. The van der Waals surface area contributed by atoms with Gasteiger partial charge >= 0.3 is 5.97 Å². The third-order valence-corrected chi connectivity index (χ3v) is 2.78. The number of carbonyl (C=O) groups excluding carboxylic acids is 1. The summed E-state index contributed by atoms with van der Waals surface area (Å²) in [7, 11) is 1.34. The molecule has 0 atom stereocenters. The van der Waals surface area contributed by atoms with Crippen LogP contribution in [0.1, 0.15) is 5.01 Å². The molecule has 0 aromatic carbocycles. The molecule has 70 valence electrons. The highest BCUT2D eigenvalue weighted by atomic mass is 32.1. The zero-order valence-corrected chi connectivity index (χ0v) is 7.71. The molecule has 2 rings (SSSR count). The number of carbonyl (C=O) groups is 1. The summed E-state index contributed by atoms with van der Waals surface area (Å²) in [6, 6.07) is 0. The van der Waals surface area contributed by atoms with Gasteiger partial charge in [0.05, 0.1) is 20.3 Å². The largest absolute Gasteiger partial charge is 0.468 e. The Hall–Kier alpha value is -1.08. The molecule has 1 aromatic heterocycles. The SMILES string of the molecule is COC(=O)C1(c2nnns2)COC1. The van der Waals surface area contributed by atoms with E-state index in [1.54, 1.807) is 0 Å². The molecule has 13 heavy (non-hydrogen) atoms. The molecule has 0 N–H and O–H groups in total. The molecule has 1 saturated heterocycles. The Morgan fingerprint density at radius 2 is 2.46 bits per heavy atom. The van der Waals surface area contributed by atoms with E-state index in [9.17, 15) is 4.79 Å². The van der Waals surface area contributed by atoms with Crippen molar-refractivity contribution in [3.63, 3.8) is 0 Å². The van der Waals surface area contributed by atoms with Crippen LogP contribution >= 0.6 is 11.5 Å². The maximum absolute atomic E-state index is 11.4. The Bertz CT molecular complexity index is 309. The van der Waals surface area contributed by atoms with Gasteiger partial charge in [0.15, 0.2) is 10.4 Å². The highest BCUT2D eigenvalue weighted by molar-refractivity contribution is 7.05. The van der Waals surface area contributed by atoms with Gasteiger partial charge in [-0.25, -0.2) is 0 Å². The molecule has 1 aromatic rings. The van der Waals surface area contributed by atoms with Crippen molar-refractivity contribution < 1.29 is 14.3 Å². The van der Waals surface area contributed by atoms with Gasteiger partial charge in [-0.05, 0) is 5.21 Å². The molecule has 2 heterocycles. The molecule has 0 amide bonds. The number of hydrogen-bond acceptors (Lipinski definition) is 7. The quantitative estimate of drug-likeness (QED) is 0.593. The average molecular weight is 201 g/mol. The van der Waals surface area contributed by atoms with E-state index in [2.05, 4.69) is 19.5 Å². The third-order valence-electron chi connectivity index (χ3n) is 1.98. The summed E-state index contributed by atoms with van der Waals surface area (Å²) < 4.78 is 13.3. The zero-order valence-electron chi connectivity index (χ0n) is 6.89. The van der Waals surface area contributed by atoms with Crippen molar-refractivity contribution in [3.05, 3.63) is 5.01 Å². The van der Waals surface area contributed by atoms with Crippen LogP contribution in [0.15, 0.2) is 0 Å². The van der Waals surface area contributed by atoms with Crippen molar-refractivity contribution in [2.75, 3.05) is 20.3 Å². The molecule has 7 heteroatoms. The maximum atomic E-state index is 11.4. The van der Waals surface area contributed by atoms with Gasteiger partial charge in [0.1, 0.15) is 0 Å². The number of methoxy groups -OCH3 is 1. The number of hydrogen-bond donors (Lipinski definition) is 0. The lowest BCUT2D eigenvalue weighted by atomic mass is 9.87. The van der Waals surface area contributed by atoms with Crippen LogP contribution < -0.4 is 0 Å². The normalized spacial score (nSPS) is 19.2. The lowest BCUT2D eigenvalue weighted by molar-refractivity contribution is -0.166. The topological polar surface area (TPSA) is 74.2 Å². The predicted octanol–water partition coefficient (Wildman–Crippen LogP) is -0.626. The van der Waals surface area contributed by atoms with E-state index in [-0.39, 0.29) is 5.97 Å². The van der Waals surface area contributed by atoms with Gasteiger partial charge in [0, 0.05) is 11.5 Å². The fourth-order valence-electron chi connectivity index (χ4n) is 1.15. The first kappa shape index (κ1) is 8.52. The van der Waals surface area contributed by atoms with Gasteiger partial charge in [0.2, 0.25) is 0 Å². The Balaban J connectivity index is 2.31. The first-order chi connectivity index (χ1) is 6.29. The minimum atomic E-state index is -0.747. The first-order valence-corrected chi connectivity index (χ1v) is 4.38. The fourth-order valence-corrected chi connectivity index (χ4v) is 1.75. The molecule has 1 aliphatic rings. The summed E-state index contributed by atoms with van der Waals surface area (Å²) in [5.74, 6) is -0.336. The molecule has 6 nitrogen and oxygen atoms in total. The first-order valence-electron chi connectivity index (χ1n) is 3.61. The Morgan fingerprint density at radius 3 is 2.85 bits per heavy atom. The van der Waals surface area contributed by atoms with Crippen LogP contribution in [0.4, 0.5) is 0 Å². The summed E-state index contributed by atoms with van der Waals surface area (Å²) in [5, 5.41) is 7.76. The molecular formula is C6H7N3O3S. The standard InChI is InChI=1S/C6H7N3O3S/c1-11-5(10)6(2-12-3-6)4-7-8-9-13-4/h2-3H2,1H3. The Labute approximate surface area is 78.0 Å². The lowest BCUT2D eigenvalue weighted by Crippen LogP contribution is -2.53. The zero-order chi connectivity index (χ0) is 9.31. The lowest BCUT2D eigenvalue weighted by Gasteiger charge is -2.35. The van der Waals surface area contributed by atoms with Crippen molar-refractivity contribution >= 4 is 17.5 Å². The van der Waals surface area contributed by atoms with Crippen molar-refractivity contribution in [1.29, 1.82) is 0 Å². The van der Waals surface area contributed by atoms with E-state index in [1.165, 1.54) is 7.11 Å². The highest BCUT2D eigenvalue weighted by Crippen LogP contribution is 2.33. The Morgan fingerprint density at radius 1 is 1.69 bits per heavy atom. The molecule has 0 bridgehead atoms. The van der Waals surface area contributed by atoms with Crippen LogP contribution in [-0.4, -0.2) is 41.1 Å². The molecular weight excluding hydrogens is 194 g/mol. The van der Waals surface area contributed by atoms with Crippen LogP contribution in [0.3, 0.4) is 0 Å². The van der Waals surface area contributed by atoms with E-state index in [0.717, 1.165) is 11.5 Å². The van der Waals surface area contributed by atoms with Crippen molar-refractivity contribution in [3.8, 4) is 0 Å². The molecule has 0 saturated carbocycles. The maximum Gasteiger partial charge on any atom is 0.323 e.